The van der Waals surface area contributed by atoms with Crippen LogP contribution in [0.5, 0.6) is 0 Å². The predicted octanol–water partition coefficient (Wildman–Crippen LogP) is 4.19. The van der Waals surface area contributed by atoms with Crippen LogP contribution in [0.25, 0.3) is 10.9 Å². The minimum Gasteiger partial charge on any atom is -0.348 e. The number of carbonyl (C=O) groups excluding carboxylic acids is 3. The first kappa shape index (κ1) is 21.7. The molecule has 0 radical (unpaired) electrons. The van der Waals surface area contributed by atoms with E-state index in [1.807, 2.05) is 6.92 Å². The maximum absolute atomic E-state index is 12.9. The van der Waals surface area contributed by atoms with E-state index in [2.05, 4.69) is 16.1 Å². The molecule has 30 heavy (non-hydrogen) atoms. The largest absolute Gasteiger partial charge is 0.348 e. The Morgan fingerprint density at radius 1 is 0.967 bits per heavy atom. The number of anilines is 1. The summed E-state index contributed by atoms with van der Waals surface area (Å²) in [6, 6.07) is 13.2. The molecule has 3 aromatic rings. The second-order valence-electron chi connectivity index (χ2n) is 6.58. The van der Waals surface area contributed by atoms with Crippen molar-refractivity contribution in [2.45, 2.75) is 19.8 Å². The fourth-order valence-corrected chi connectivity index (χ4v) is 3.22. The minimum absolute atomic E-state index is 0.127. The Kier molecular flexibility index (Phi) is 6.97. The summed E-state index contributed by atoms with van der Waals surface area (Å²) in [5, 5.41) is 6.85. The van der Waals surface area contributed by atoms with Crippen molar-refractivity contribution in [2.24, 2.45) is 0 Å². The summed E-state index contributed by atoms with van der Waals surface area (Å²) in [7, 11) is 0. The van der Waals surface area contributed by atoms with E-state index < -0.39 is 17.7 Å². The van der Waals surface area contributed by atoms with Gasteiger partial charge in [0.1, 0.15) is 5.69 Å². The number of nitrogens with one attached hydrogen (secondary N) is 3. The maximum atomic E-state index is 12.9. The molecule has 0 aliphatic rings. The van der Waals surface area contributed by atoms with Crippen LogP contribution in [0.2, 0.25) is 10.0 Å². The summed E-state index contributed by atoms with van der Waals surface area (Å²) in [5.74, 6) is -2.15. The number of rotatable bonds is 6. The molecule has 9 heteroatoms. The van der Waals surface area contributed by atoms with Crippen molar-refractivity contribution in [1.29, 1.82) is 0 Å². The fraction of sp³-hybridized carbons (Fsp3) is 0.190. The lowest BCUT2D eigenvalue weighted by Crippen LogP contribution is -2.40. The highest BCUT2D eigenvalue weighted by Gasteiger charge is 2.21. The molecule has 0 bridgehead atoms. The van der Waals surface area contributed by atoms with Crippen molar-refractivity contribution in [3.05, 3.63) is 64.3 Å². The summed E-state index contributed by atoms with van der Waals surface area (Å²) < 4.78 is 1.27. The topological polar surface area (TPSA) is 92.2 Å². The minimum atomic E-state index is -0.879. The lowest BCUT2D eigenvalue weighted by atomic mass is 10.2. The van der Waals surface area contributed by atoms with Crippen molar-refractivity contribution in [3.8, 4) is 0 Å². The average Bonchev–Trinajstić information content (AvgIpc) is 3.05. The van der Waals surface area contributed by atoms with Crippen molar-refractivity contribution < 1.29 is 14.4 Å². The van der Waals surface area contributed by atoms with Crippen LogP contribution in [0.3, 0.4) is 0 Å². The van der Waals surface area contributed by atoms with E-state index in [-0.39, 0.29) is 5.69 Å². The van der Waals surface area contributed by atoms with Gasteiger partial charge in [-0.05, 0) is 48.9 Å². The Bertz CT molecular complexity index is 1110. The number of nitrogens with zero attached hydrogens (tertiary/aromatic N) is 1. The van der Waals surface area contributed by atoms with Gasteiger partial charge in [0.2, 0.25) is 0 Å². The lowest BCUT2D eigenvalue weighted by molar-refractivity contribution is -0.136. The third-order valence-corrected chi connectivity index (χ3v) is 4.78. The van der Waals surface area contributed by atoms with Crippen LogP contribution in [0.15, 0.2) is 48.5 Å². The lowest BCUT2D eigenvalue weighted by Gasteiger charge is -2.13. The molecule has 3 amide bonds. The van der Waals surface area contributed by atoms with Gasteiger partial charge in [-0.1, -0.05) is 42.6 Å². The molecule has 3 N–H and O–H groups in total. The van der Waals surface area contributed by atoms with E-state index in [4.69, 9.17) is 23.2 Å². The summed E-state index contributed by atoms with van der Waals surface area (Å²) in [6.07, 6.45) is 1.65. The Morgan fingerprint density at radius 3 is 2.47 bits per heavy atom. The highest BCUT2D eigenvalue weighted by atomic mass is 35.5. The van der Waals surface area contributed by atoms with E-state index in [9.17, 15) is 14.4 Å². The first-order valence-electron chi connectivity index (χ1n) is 9.36. The van der Waals surface area contributed by atoms with Gasteiger partial charge < -0.3 is 10.6 Å². The van der Waals surface area contributed by atoms with Gasteiger partial charge in [0, 0.05) is 27.7 Å². The molecule has 0 aliphatic carbocycles. The maximum Gasteiger partial charge on any atom is 0.328 e. The van der Waals surface area contributed by atoms with Crippen LogP contribution in [0, 0.1) is 0 Å². The summed E-state index contributed by atoms with van der Waals surface area (Å²) in [4.78, 5) is 37.3. The third kappa shape index (κ3) is 5.11. The Morgan fingerprint density at radius 2 is 1.73 bits per heavy atom. The number of fused-ring (bicyclic) bond motifs is 1. The van der Waals surface area contributed by atoms with Crippen molar-refractivity contribution in [2.75, 3.05) is 17.3 Å². The van der Waals surface area contributed by atoms with E-state index >= 15 is 0 Å². The van der Waals surface area contributed by atoms with E-state index in [0.29, 0.717) is 33.2 Å². The number of halogens is 2. The molecule has 0 saturated carbocycles. The zero-order valence-electron chi connectivity index (χ0n) is 16.2. The molecule has 1 aromatic heterocycles. The number of hydrogen-bond donors (Lipinski definition) is 3. The van der Waals surface area contributed by atoms with E-state index in [1.165, 1.54) is 4.68 Å². The summed E-state index contributed by atoms with van der Waals surface area (Å²) in [6.45, 7) is 2.38. The standard InChI is InChI=1S/C21H20Cl2N4O3/c1-2-3-9-24-20(29)21(30)26-27-17-8-7-15(23)10-13(17)11-18(27)19(28)25-16-6-4-5-14(22)12-16/h4-8,10-12H,2-3,9H2,1H3,(H,24,29)(H,25,28)(H,26,30). The van der Waals surface area contributed by atoms with Crippen LogP contribution in [0.1, 0.15) is 30.3 Å². The molecule has 156 valence electrons. The summed E-state index contributed by atoms with van der Waals surface area (Å²) in [5.41, 5.74) is 3.63. The smallest absolute Gasteiger partial charge is 0.328 e. The van der Waals surface area contributed by atoms with Gasteiger partial charge in [-0.2, -0.15) is 0 Å². The second kappa shape index (κ2) is 9.65. The van der Waals surface area contributed by atoms with Crippen LogP contribution in [-0.4, -0.2) is 28.9 Å². The molecule has 0 saturated heterocycles. The first-order valence-corrected chi connectivity index (χ1v) is 10.1. The quantitative estimate of drug-likeness (QED) is 0.391. The van der Waals surface area contributed by atoms with Gasteiger partial charge in [0.05, 0.1) is 5.52 Å². The number of aromatic nitrogens is 1. The van der Waals surface area contributed by atoms with Crippen LogP contribution in [-0.2, 0) is 9.59 Å². The fourth-order valence-electron chi connectivity index (χ4n) is 2.85. The zero-order chi connectivity index (χ0) is 21.7. The number of hydrogen-bond acceptors (Lipinski definition) is 3. The van der Waals surface area contributed by atoms with Crippen molar-refractivity contribution in [3.63, 3.8) is 0 Å². The van der Waals surface area contributed by atoms with Crippen LogP contribution in [0.4, 0.5) is 5.69 Å². The highest BCUT2D eigenvalue weighted by Crippen LogP contribution is 2.24. The molecule has 0 fully saturated rings. The molecule has 0 aliphatic heterocycles. The normalized spacial score (nSPS) is 10.6. The summed E-state index contributed by atoms with van der Waals surface area (Å²) >= 11 is 12.0. The molecule has 7 nitrogen and oxygen atoms in total. The number of carbonyl (C=O) groups is 3. The molecule has 2 aromatic carbocycles. The SMILES string of the molecule is CCCCNC(=O)C(=O)Nn1c(C(=O)Nc2cccc(Cl)c2)cc2cc(Cl)ccc21. The van der Waals surface area contributed by atoms with Crippen LogP contribution < -0.4 is 16.1 Å². The Hall–Kier alpha value is -3.03. The van der Waals surface area contributed by atoms with Gasteiger partial charge in [-0.25, -0.2) is 4.68 Å². The van der Waals surface area contributed by atoms with Crippen LogP contribution >= 0.6 is 23.2 Å². The number of benzene rings is 2. The second-order valence-corrected chi connectivity index (χ2v) is 7.46. The third-order valence-electron chi connectivity index (χ3n) is 4.31. The molecule has 0 unspecified atom stereocenters. The number of amides is 3. The molecule has 3 rings (SSSR count). The van der Waals surface area contributed by atoms with Gasteiger partial charge in [0.15, 0.2) is 0 Å². The molecule has 0 atom stereocenters. The Balaban J connectivity index is 1.90. The molecule has 1 heterocycles. The van der Waals surface area contributed by atoms with Gasteiger partial charge >= 0.3 is 11.8 Å². The van der Waals surface area contributed by atoms with Crippen molar-refractivity contribution in [1.82, 2.24) is 9.99 Å². The monoisotopic (exact) mass is 446 g/mol. The first-order chi connectivity index (χ1) is 14.4. The van der Waals surface area contributed by atoms with Crippen molar-refractivity contribution >= 4 is 57.5 Å². The van der Waals surface area contributed by atoms with E-state index in [0.717, 1.165) is 12.8 Å². The van der Waals surface area contributed by atoms with E-state index in [1.54, 1.807) is 48.5 Å². The Labute approximate surface area is 183 Å². The molecule has 0 spiro atoms. The zero-order valence-corrected chi connectivity index (χ0v) is 17.7. The van der Waals surface area contributed by atoms with Gasteiger partial charge in [-0.15, -0.1) is 0 Å². The van der Waals surface area contributed by atoms with Gasteiger partial charge in [0.25, 0.3) is 5.91 Å². The predicted molar refractivity (Wildman–Crippen MR) is 119 cm³/mol. The average molecular weight is 447 g/mol. The van der Waals surface area contributed by atoms with Gasteiger partial charge in [-0.3, -0.25) is 19.8 Å². The number of unbranched alkanes of at least 4 members (excludes halogenated alkanes) is 1. The highest BCUT2D eigenvalue weighted by molar-refractivity contribution is 6.38. The molecular weight excluding hydrogens is 427 g/mol. The molecular formula is C21H20Cl2N4O3.